The largest absolute Gasteiger partial charge is 0.481 e. The molecule has 2 rings (SSSR count). The third-order valence-corrected chi connectivity index (χ3v) is 4.01. The number of carbonyl (C=O) groups is 1. The summed E-state index contributed by atoms with van der Waals surface area (Å²) in [4.78, 5) is 10.7. The van der Waals surface area contributed by atoms with Crippen LogP contribution in [0.5, 0.6) is 0 Å². The molecule has 20 heavy (non-hydrogen) atoms. The number of carboxylic acids is 1. The summed E-state index contributed by atoms with van der Waals surface area (Å²) in [5.74, 6) is 1.31. The molecule has 0 saturated heterocycles. The minimum Gasteiger partial charge on any atom is -0.481 e. The second-order valence-corrected chi connectivity index (χ2v) is 6.83. The van der Waals surface area contributed by atoms with Crippen molar-refractivity contribution < 1.29 is 14.3 Å². The number of nitrogens with one attached hydrogen (secondary N) is 1. The Hall–Kier alpha value is -1.29. The maximum atomic E-state index is 10.7. The van der Waals surface area contributed by atoms with Crippen LogP contribution in [0.25, 0.3) is 0 Å². The fourth-order valence-corrected chi connectivity index (χ4v) is 3.10. The van der Waals surface area contributed by atoms with Gasteiger partial charge in [0, 0.05) is 30.5 Å². The summed E-state index contributed by atoms with van der Waals surface area (Å²) in [5.41, 5.74) is 1.46. The highest BCUT2D eigenvalue weighted by Crippen LogP contribution is 2.42. The second kappa shape index (κ2) is 5.60. The molecule has 2 atom stereocenters. The van der Waals surface area contributed by atoms with Gasteiger partial charge in [0.1, 0.15) is 11.5 Å². The number of aliphatic carboxylic acids is 1. The van der Waals surface area contributed by atoms with E-state index in [2.05, 4.69) is 32.2 Å². The van der Waals surface area contributed by atoms with E-state index in [0.717, 1.165) is 24.4 Å². The van der Waals surface area contributed by atoms with Crippen molar-refractivity contribution in [1.29, 1.82) is 0 Å². The lowest BCUT2D eigenvalue weighted by Crippen LogP contribution is -2.37. The monoisotopic (exact) mass is 279 g/mol. The van der Waals surface area contributed by atoms with Gasteiger partial charge in [0.2, 0.25) is 0 Å². The quantitative estimate of drug-likeness (QED) is 0.866. The van der Waals surface area contributed by atoms with E-state index in [9.17, 15) is 4.79 Å². The number of hydrogen-bond donors (Lipinski definition) is 2. The molecule has 1 aromatic heterocycles. The predicted octanol–water partition coefficient (Wildman–Crippen LogP) is 3.44. The van der Waals surface area contributed by atoms with Crippen molar-refractivity contribution in [2.75, 3.05) is 0 Å². The number of hydrogen-bond acceptors (Lipinski definition) is 3. The molecule has 0 bridgehead atoms. The predicted molar refractivity (Wildman–Crippen MR) is 77.8 cm³/mol. The summed E-state index contributed by atoms with van der Waals surface area (Å²) in [6, 6.07) is 2.56. The van der Waals surface area contributed by atoms with Crippen LogP contribution in [-0.4, -0.2) is 17.1 Å². The second-order valence-electron chi connectivity index (χ2n) is 6.83. The molecule has 0 amide bonds. The molecule has 1 aliphatic rings. The Morgan fingerprint density at radius 1 is 1.60 bits per heavy atom. The maximum absolute atomic E-state index is 10.7. The van der Waals surface area contributed by atoms with Gasteiger partial charge in [0.05, 0.1) is 0 Å². The lowest BCUT2D eigenvalue weighted by atomic mass is 9.74. The molecule has 0 fully saturated rings. The zero-order valence-electron chi connectivity index (χ0n) is 12.8. The summed E-state index contributed by atoms with van der Waals surface area (Å²) in [6.45, 7) is 8.54. The standard InChI is InChI=1S/C16H25NO3/c1-10(5-6-15(18)19)17-13-8-16(3,4)9-14-12(13)7-11(2)20-14/h7,10,13,17H,5-6,8-9H2,1-4H3,(H,18,19). The van der Waals surface area contributed by atoms with Gasteiger partial charge in [0.25, 0.3) is 0 Å². The SMILES string of the molecule is Cc1cc2c(o1)CC(C)(C)CC2NC(C)CCC(=O)O. The molecule has 4 heteroatoms. The maximum Gasteiger partial charge on any atom is 0.303 e. The van der Waals surface area contributed by atoms with Crippen molar-refractivity contribution in [2.45, 2.75) is 65.5 Å². The first-order valence-electron chi connectivity index (χ1n) is 7.34. The number of carboxylic acid groups (broad SMARTS) is 1. The molecule has 0 spiro atoms. The molecule has 0 aromatic carbocycles. The van der Waals surface area contributed by atoms with E-state index >= 15 is 0 Å². The van der Waals surface area contributed by atoms with Crippen molar-refractivity contribution in [3.63, 3.8) is 0 Å². The molecule has 1 aliphatic carbocycles. The first-order valence-corrected chi connectivity index (χ1v) is 7.34. The van der Waals surface area contributed by atoms with E-state index in [1.54, 1.807) is 0 Å². The highest BCUT2D eigenvalue weighted by molar-refractivity contribution is 5.66. The van der Waals surface area contributed by atoms with Gasteiger partial charge in [-0.3, -0.25) is 4.79 Å². The molecule has 112 valence electrons. The molecular formula is C16H25NO3. The van der Waals surface area contributed by atoms with E-state index in [1.807, 2.05) is 6.92 Å². The number of furan rings is 1. The molecule has 1 heterocycles. The minimum atomic E-state index is -0.734. The van der Waals surface area contributed by atoms with Gasteiger partial charge < -0.3 is 14.8 Å². The van der Waals surface area contributed by atoms with Gasteiger partial charge in [-0.1, -0.05) is 13.8 Å². The Labute approximate surface area is 120 Å². The Bertz CT molecular complexity index is 490. The summed E-state index contributed by atoms with van der Waals surface area (Å²) < 4.78 is 5.82. The summed E-state index contributed by atoms with van der Waals surface area (Å²) in [6.07, 6.45) is 2.88. The van der Waals surface area contributed by atoms with Gasteiger partial charge in [-0.2, -0.15) is 0 Å². The number of fused-ring (bicyclic) bond motifs is 1. The van der Waals surface area contributed by atoms with Gasteiger partial charge in [-0.05, 0) is 38.2 Å². The molecule has 2 N–H and O–H groups in total. The first kappa shape index (κ1) is 15.1. The van der Waals surface area contributed by atoms with Crippen molar-refractivity contribution in [1.82, 2.24) is 5.32 Å². The Balaban J connectivity index is 2.08. The zero-order chi connectivity index (χ0) is 14.9. The van der Waals surface area contributed by atoms with Gasteiger partial charge >= 0.3 is 5.97 Å². The average Bonchev–Trinajstić information content (AvgIpc) is 2.65. The van der Waals surface area contributed by atoms with Crippen LogP contribution >= 0.6 is 0 Å². The van der Waals surface area contributed by atoms with E-state index in [4.69, 9.17) is 9.52 Å². The van der Waals surface area contributed by atoms with Crippen molar-refractivity contribution in [3.05, 3.63) is 23.2 Å². The minimum absolute atomic E-state index is 0.188. The van der Waals surface area contributed by atoms with Crippen LogP contribution in [-0.2, 0) is 11.2 Å². The third-order valence-electron chi connectivity index (χ3n) is 4.01. The Kier molecular flexibility index (Phi) is 4.23. The third kappa shape index (κ3) is 3.63. The highest BCUT2D eigenvalue weighted by atomic mass is 16.4. The average molecular weight is 279 g/mol. The topological polar surface area (TPSA) is 62.5 Å². The highest BCUT2D eigenvalue weighted by Gasteiger charge is 2.35. The molecule has 0 aliphatic heterocycles. The molecule has 0 saturated carbocycles. The van der Waals surface area contributed by atoms with E-state index < -0.39 is 5.97 Å². The number of aryl methyl sites for hydroxylation is 1. The van der Waals surface area contributed by atoms with Gasteiger partial charge in [-0.15, -0.1) is 0 Å². The lowest BCUT2D eigenvalue weighted by molar-refractivity contribution is -0.137. The van der Waals surface area contributed by atoms with Crippen molar-refractivity contribution in [3.8, 4) is 0 Å². The van der Waals surface area contributed by atoms with Crippen LogP contribution in [0.4, 0.5) is 0 Å². The smallest absolute Gasteiger partial charge is 0.303 e. The van der Waals surface area contributed by atoms with Gasteiger partial charge in [0.15, 0.2) is 0 Å². The molecule has 0 radical (unpaired) electrons. The fraction of sp³-hybridized carbons (Fsp3) is 0.688. The molecule has 4 nitrogen and oxygen atoms in total. The van der Waals surface area contributed by atoms with Crippen LogP contribution in [0.2, 0.25) is 0 Å². The van der Waals surface area contributed by atoms with Crippen LogP contribution in [0.15, 0.2) is 10.5 Å². The molecular weight excluding hydrogens is 254 g/mol. The Morgan fingerprint density at radius 3 is 2.95 bits per heavy atom. The van der Waals surface area contributed by atoms with Crippen molar-refractivity contribution >= 4 is 5.97 Å². The normalized spacial score (nSPS) is 22.3. The summed E-state index contributed by atoms with van der Waals surface area (Å²) >= 11 is 0. The van der Waals surface area contributed by atoms with Gasteiger partial charge in [-0.25, -0.2) is 0 Å². The Morgan fingerprint density at radius 2 is 2.30 bits per heavy atom. The van der Waals surface area contributed by atoms with Crippen LogP contribution in [0.1, 0.15) is 63.2 Å². The zero-order valence-corrected chi connectivity index (χ0v) is 12.8. The van der Waals surface area contributed by atoms with Crippen molar-refractivity contribution in [2.24, 2.45) is 5.41 Å². The van der Waals surface area contributed by atoms with Crippen LogP contribution in [0, 0.1) is 12.3 Å². The first-order chi connectivity index (χ1) is 9.27. The van der Waals surface area contributed by atoms with Crippen LogP contribution in [0.3, 0.4) is 0 Å². The van der Waals surface area contributed by atoms with E-state index in [0.29, 0.717) is 6.42 Å². The number of rotatable bonds is 5. The molecule has 1 aromatic rings. The lowest BCUT2D eigenvalue weighted by Gasteiger charge is -2.36. The summed E-state index contributed by atoms with van der Waals surface area (Å²) in [5, 5.41) is 12.3. The van der Waals surface area contributed by atoms with E-state index in [1.165, 1.54) is 5.56 Å². The molecule has 2 unspecified atom stereocenters. The van der Waals surface area contributed by atoms with Crippen LogP contribution < -0.4 is 5.32 Å². The van der Waals surface area contributed by atoms with E-state index in [-0.39, 0.29) is 23.9 Å². The fourth-order valence-electron chi connectivity index (χ4n) is 3.10. The summed E-state index contributed by atoms with van der Waals surface area (Å²) in [7, 11) is 0.